The average molecular weight is 384 g/mol. The number of amides is 1. The van der Waals surface area contributed by atoms with Crippen molar-refractivity contribution in [2.24, 2.45) is 0 Å². The van der Waals surface area contributed by atoms with E-state index in [0.717, 1.165) is 0 Å². The lowest BCUT2D eigenvalue weighted by atomic mass is 10.2. The van der Waals surface area contributed by atoms with Gasteiger partial charge in [-0.05, 0) is 30.3 Å². The highest BCUT2D eigenvalue weighted by Crippen LogP contribution is 2.31. The van der Waals surface area contributed by atoms with Crippen molar-refractivity contribution < 1.29 is 4.79 Å². The van der Waals surface area contributed by atoms with Gasteiger partial charge in [0.05, 0.1) is 39.8 Å². The average Bonchev–Trinajstić information content (AvgIpc) is 2.66. The Hall–Kier alpha value is -3.14. The Kier molecular flexibility index (Phi) is 5.32. The Morgan fingerprint density at radius 3 is 2.62 bits per heavy atom. The highest BCUT2D eigenvalue weighted by Gasteiger charge is 2.10. The van der Waals surface area contributed by atoms with Crippen LogP contribution in [0, 0.1) is 11.3 Å². The Bertz CT molecular complexity index is 999. The number of nitrogens with one attached hydrogen (secondary N) is 2. The van der Waals surface area contributed by atoms with E-state index in [2.05, 4.69) is 20.6 Å². The summed E-state index contributed by atoms with van der Waals surface area (Å²) in [5.74, 6) is -0.0166. The van der Waals surface area contributed by atoms with E-state index in [4.69, 9.17) is 28.5 Å². The summed E-state index contributed by atoms with van der Waals surface area (Å²) in [7, 11) is 0. The van der Waals surface area contributed by atoms with Crippen molar-refractivity contribution in [2.75, 3.05) is 10.6 Å². The second-order valence-corrected chi connectivity index (χ2v) is 5.95. The number of hydrogen-bond donors (Lipinski definition) is 2. The molecule has 0 bridgehead atoms. The standard InChI is InChI=1S/C18H11Cl2N5O/c19-13-5-2-6-14(17(13)20)25-16-10-22-15(9-23-16)18(26)24-12-4-1-3-11(7-12)8-21/h1-7,9-10H,(H,23,25)(H,24,26). The zero-order valence-electron chi connectivity index (χ0n) is 13.2. The molecule has 8 heteroatoms. The van der Waals surface area contributed by atoms with Crippen LogP contribution in [0.2, 0.25) is 10.0 Å². The first-order valence-electron chi connectivity index (χ1n) is 7.41. The predicted molar refractivity (Wildman–Crippen MR) is 101 cm³/mol. The van der Waals surface area contributed by atoms with Crippen molar-refractivity contribution in [1.29, 1.82) is 5.26 Å². The number of anilines is 3. The zero-order valence-corrected chi connectivity index (χ0v) is 14.7. The van der Waals surface area contributed by atoms with Crippen LogP contribution in [0.3, 0.4) is 0 Å². The summed E-state index contributed by atoms with van der Waals surface area (Å²) < 4.78 is 0. The normalized spacial score (nSPS) is 10.0. The molecular formula is C18H11Cl2N5O. The van der Waals surface area contributed by atoms with E-state index in [0.29, 0.717) is 32.8 Å². The SMILES string of the molecule is N#Cc1cccc(NC(=O)c2cnc(Nc3cccc(Cl)c3Cl)cn2)c1. The van der Waals surface area contributed by atoms with Crippen LogP contribution < -0.4 is 10.6 Å². The third-order valence-corrected chi connectivity index (χ3v) is 4.17. The van der Waals surface area contributed by atoms with Gasteiger partial charge in [0.15, 0.2) is 0 Å². The van der Waals surface area contributed by atoms with E-state index in [1.54, 1.807) is 42.5 Å². The van der Waals surface area contributed by atoms with Crippen LogP contribution in [0.25, 0.3) is 0 Å². The molecule has 1 heterocycles. The minimum absolute atomic E-state index is 0.134. The van der Waals surface area contributed by atoms with Crippen LogP contribution in [-0.4, -0.2) is 15.9 Å². The molecule has 1 aromatic heterocycles. The lowest BCUT2D eigenvalue weighted by Crippen LogP contribution is -2.14. The number of nitrogens with zero attached hydrogens (tertiary/aromatic N) is 3. The van der Waals surface area contributed by atoms with E-state index < -0.39 is 5.91 Å². The molecule has 2 N–H and O–H groups in total. The lowest BCUT2D eigenvalue weighted by Gasteiger charge is -2.09. The Balaban J connectivity index is 1.71. The van der Waals surface area contributed by atoms with E-state index >= 15 is 0 Å². The fraction of sp³-hybridized carbons (Fsp3) is 0. The van der Waals surface area contributed by atoms with Crippen LogP contribution in [0.1, 0.15) is 16.1 Å². The van der Waals surface area contributed by atoms with Crippen molar-refractivity contribution in [1.82, 2.24) is 9.97 Å². The summed E-state index contributed by atoms with van der Waals surface area (Å²) in [6.45, 7) is 0. The highest BCUT2D eigenvalue weighted by molar-refractivity contribution is 6.43. The van der Waals surface area contributed by atoms with Gasteiger partial charge in [-0.3, -0.25) is 4.79 Å². The maximum Gasteiger partial charge on any atom is 0.275 e. The highest BCUT2D eigenvalue weighted by atomic mass is 35.5. The first-order valence-corrected chi connectivity index (χ1v) is 8.17. The maximum absolute atomic E-state index is 12.2. The van der Waals surface area contributed by atoms with Gasteiger partial charge < -0.3 is 10.6 Å². The largest absolute Gasteiger partial charge is 0.338 e. The van der Waals surface area contributed by atoms with Crippen molar-refractivity contribution in [3.63, 3.8) is 0 Å². The zero-order chi connectivity index (χ0) is 18.5. The molecule has 2 aromatic carbocycles. The van der Waals surface area contributed by atoms with Crippen LogP contribution >= 0.6 is 23.2 Å². The minimum atomic E-state index is -0.431. The number of benzene rings is 2. The van der Waals surface area contributed by atoms with Crippen molar-refractivity contribution in [2.45, 2.75) is 0 Å². The first kappa shape index (κ1) is 17.7. The van der Waals surface area contributed by atoms with Crippen molar-refractivity contribution in [3.05, 3.63) is 76.2 Å². The fourth-order valence-electron chi connectivity index (χ4n) is 2.11. The second kappa shape index (κ2) is 7.83. The van der Waals surface area contributed by atoms with Gasteiger partial charge in [0.25, 0.3) is 5.91 Å². The Morgan fingerprint density at radius 1 is 1.08 bits per heavy atom. The molecular weight excluding hydrogens is 373 g/mol. The molecule has 3 rings (SSSR count). The summed E-state index contributed by atoms with van der Waals surface area (Å²) in [5.41, 5.74) is 1.67. The molecule has 0 aliphatic heterocycles. The molecule has 26 heavy (non-hydrogen) atoms. The molecule has 0 radical (unpaired) electrons. The molecule has 0 aliphatic carbocycles. The van der Waals surface area contributed by atoms with Gasteiger partial charge in [-0.2, -0.15) is 5.26 Å². The molecule has 3 aromatic rings. The predicted octanol–water partition coefficient (Wildman–Crippen LogP) is 4.65. The van der Waals surface area contributed by atoms with Gasteiger partial charge in [-0.15, -0.1) is 0 Å². The van der Waals surface area contributed by atoms with Gasteiger partial charge in [0, 0.05) is 5.69 Å². The molecule has 0 fully saturated rings. The van der Waals surface area contributed by atoms with Crippen LogP contribution in [0.5, 0.6) is 0 Å². The van der Waals surface area contributed by atoms with Gasteiger partial charge in [0.2, 0.25) is 0 Å². The van der Waals surface area contributed by atoms with Gasteiger partial charge >= 0.3 is 0 Å². The van der Waals surface area contributed by atoms with Gasteiger partial charge in [-0.1, -0.05) is 35.3 Å². The first-order chi connectivity index (χ1) is 12.6. The molecule has 0 unspecified atom stereocenters. The third-order valence-electron chi connectivity index (χ3n) is 3.35. The number of carbonyl (C=O) groups excluding carboxylic acids is 1. The van der Waals surface area contributed by atoms with E-state index in [9.17, 15) is 4.79 Å². The van der Waals surface area contributed by atoms with E-state index in [1.807, 2.05) is 6.07 Å². The quantitative estimate of drug-likeness (QED) is 0.683. The lowest BCUT2D eigenvalue weighted by molar-refractivity contribution is 0.102. The monoisotopic (exact) mass is 383 g/mol. The summed E-state index contributed by atoms with van der Waals surface area (Å²) in [6, 6.07) is 13.8. The summed E-state index contributed by atoms with van der Waals surface area (Å²) in [5, 5.41) is 15.3. The number of hydrogen-bond acceptors (Lipinski definition) is 5. The third kappa shape index (κ3) is 4.09. The van der Waals surface area contributed by atoms with Gasteiger partial charge in [0.1, 0.15) is 11.5 Å². The van der Waals surface area contributed by atoms with Crippen LogP contribution in [0.4, 0.5) is 17.2 Å². The molecule has 0 saturated carbocycles. The number of rotatable bonds is 4. The maximum atomic E-state index is 12.2. The summed E-state index contributed by atoms with van der Waals surface area (Å²) in [4.78, 5) is 20.5. The number of aromatic nitrogens is 2. The topological polar surface area (TPSA) is 90.7 Å². The van der Waals surface area contributed by atoms with E-state index in [1.165, 1.54) is 12.4 Å². The molecule has 0 atom stereocenters. The number of halogens is 2. The van der Waals surface area contributed by atoms with Crippen LogP contribution in [0.15, 0.2) is 54.9 Å². The molecule has 6 nitrogen and oxygen atoms in total. The Labute approximate surface area is 159 Å². The Morgan fingerprint density at radius 2 is 1.88 bits per heavy atom. The molecule has 128 valence electrons. The smallest absolute Gasteiger partial charge is 0.275 e. The molecule has 1 amide bonds. The minimum Gasteiger partial charge on any atom is -0.338 e. The van der Waals surface area contributed by atoms with Crippen LogP contribution in [-0.2, 0) is 0 Å². The van der Waals surface area contributed by atoms with Crippen molar-refractivity contribution in [3.8, 4) is 6.07 Å². The summed E-state index contributed by atoms with van der Waals surface area (Å²) >= 11 is 12.1. The van der Waals surface area contributed by atoms with Crippen molar-refractivity contribution >= 4 is 46.3 Å². The van der Waals surface area contributed by atoms with Gasteiger partial charge in [-0.25, -0.2) is 9.97 Å². The fourth-order valence-corrected chi connectivity index (χ4v) is 2.46. The number of nitriles is 1. The van der Waals surface area contributed by atoms with E-state index in [-0.39, 0.29) is 5.69 Å². The second-order valence-electron chi connectivity index (χ2n) is 5.16. The molecule has 0 aliphatic rings. The molecule has 0 saturated heterocycles. The summed E-state index contributed by atoms with van der Waals surface area (Å²) in [6.07, 6.45) is 2.75. The number of carbonyl (C=O) groups is 1. The molecule has 0 spiro atoms.